The molecule has 0 amide bonds. The molecular weight excluding hydrogens is 262 g/mol. The minimum atomic E-state index is -0.620. The van der Waals surface area contributed by atoms with Crippen molar-refractivity contribution < 1.29 is 9.90 Å². The van der Waals surface area contributed by atoms with Crippen LogP contribution in [0.3, 0.4) is 0 Å². The third-order valence-corrected chi connectivity index (χ3v) is 6.87. The first-order valence-corrected chi connectivity index (χ1v) is 8.74. The zero-order chi connectivity index (χ0) is 15.8. The number of hydrogen-bond acceptors (Lipinski definition) is 2. The van der Waals surface area contributed by atoms with Crippen molar-refractivity contribution in [3.63, 3.8) is 0 Å². The Morgan fingerprint density at radius 2 is 1.71 bits per heavy atom. The van der Waals surface area contributed by atoms with E-state index in [-0.39, 0.29) is 11.3 Å². The van der Waals surface area contributed by atoms with Crippen LogP contribution in [0.2, 0.25) is 0 Å². The Balaban J connectivity index is 2.03. The molecule has 0 spiro atoms. The van der Waals surface area contributed by atoms with Crippen molar-refractivity contribution >= 4 is 5.97 Å². The summed E-state index contributed by atoms with van der Waals surface area (Å²) in [4.78, 5) is 11.5. The van der Waals surface area contributed by atoms with Crippen LogP contribution < -0.4 is 5.32 Å². The number of hydrogen-bond donors (Lipinski definition) is 2. The minimum absolute atomic E-state index is 0.134. The summed E-state index contributed by atoms with van der Waals surface area (Å²) >= 11 is 0. The molecule has 6 atom stereocenters. The van der Waals surface area contributed by atoms with Gasteiger partial charge in [0, 0.05) is 12.1 Å². The smallest absolute Gasteiger partial charge is 0.307 e. The van der Waals surface area contributed by atoms with Gasteiger partial charge in [0.1, 0.15) is 0 Å². The number of carboxylic acid groups (broad SMARTS) is 1. The number of aliphatic carboxylic acids is 1. The first-order chi connectivity index (χ1) is 9.75. The molecule has 2 N–H and O–H groups in total. The van der Waals surface area contributed by atoms with Gasteiger partial charge in [0.2, 0.25) is 0 Å². The first kappa shape index (κ1) is 16.8. The van der Waals surface area contributed by atoms with Crippen molar-refractivity contribution in [2.24, 2.45) is 29.1 Å². The van der Waals surface area contributed by atoms with Gasteiger partial charge < -0.3 is 10.4 Å². The van der Waals surface area contributed by atoms with Crippen LogP contribution in [0.25, 0.3) is 0 Å². The monoisotopic (exact) mass is 295 g/mol. The Bertz CT molecular complexity index is 379. The third-order valence-electron chi connectivity index (χ3n) is 6.87. The fourth-order valence-corrected chi connectivity index (χ4v) is 4.57. The van der Waals surface area contributed by atoms with Crippen molar-refractivity contribution in [3.8, 4) is 0 Å². The Morgan fingerprint density at radius 1 is 1.05 bits per heavy atom. The molecule has 3 heteroatoms. The number of rotatable bonds is 3. The quantitative estimate of drug-likeness (QED) is 0.829. The van der Waals surface area contributed by atoms with Gasteiger partial charge in [0.05, 0.1) is 5.92 Å². The van der Waals surface area contributed by atoms with E-state index in [1.807, 2.05) is 0 Å². The van der Waals surface area contributed by atoms with Gasteiger partial charge in [0.15, 0.2) is 0 Å². The van der Waals surface area contributed by atoms with Crippen molar-refractivity contribution in [1.82, 2.24) is 5.32 Å². The van der Waals surface area contributed by atoms with Gasteiger partial charge in [-0.15, -0.1) is 0 Å². The molecule has 122 valence electrons. The summed E-state index contributed by atoms with van der Waals surface area (Å²) in [7, 11) is 0. The summed E-state index contributed by atoms with van der Waals surface area (Å²) in [6.07, 6.45) is 5.76. The highest BCUT2D eigenvalue weighted by Gasteiger charge is 2.46. The van der Waals surface area contributed by atoms with Gasteiger partial charge in [-0.3, -0.25) is 4.79 Å². The van der Waals surface area contributed by atoms with Gasteiger partial charge in [0.25, 0.3) is 0 Å². The van der Waals surface area contributed by atoms with Gasteiger partial charge in [-0.05, 0) is 42.4 Å². The summed E-state index contributed by atoms with van der Waals surface area (Å²) in [5, 5.41) is 13.4. The summed E-state index contributed by atoms with van der Waals surface area (Å²) in [5.41, 5.74) is -0.134. The Hall–Kier alpha value is -0.570. The largest absolute Gasteiger partial charge is 0.481 e. The lowest BCUT2D eigenvalue weighted by Gasteiger charge is -2.48. The molecule has 0 saturated heterocycles. The average Bonchev–Trinajstić information content (AvgIpc) is 2.39. The van der Waals surface area contributed by atoms with Crippen LogP contribution in [0.4, 0.5) is 0 Å². The molecule has 0 aromatic carbocycles. The summed E-state index contributed by atoms with van der Waals surface area (Å²) in [5.74, 6) is 1.11. The SMILES string of the molecule is CC1CCCC(NC2CCC(C(=O)O)C(C)(C)C2C)C1C. The topological polar surface area (TPSA) is 49.3 Å². The van der Waals surface area contributed by atoms with Crippen LogP contribution in [0.1, 0.15) is 66.7 Å². The van der Waals surface area contributed by atoms with E-state index in [2.05, 4.69) is 39.9 Å². The first-order valence-electron chi connectivity index (χ1n) is 8.74. The van der Waals surface area contributed by atoms with Gasteiger partial charge in [-0.2, -0.15) is 0 Å². The molecule has 0 aromatic rings. The van der Waals surface area contributed by atoms with Crippen LogP contribution in [-0.2, 0) is 4.79 Å². The molecule has 0 aliphatic heterocycles. The molecule has 0 radical (unpaired) electrons. The highest BCUT2D eigenvalue weighted by molar-refractivity contribution is 5.71. The van der Waals surface area contributed by atoms with E-state index < -0.39 is 5.97 Å². The molecule has 6 unspecified atom stereocenters. The second kappa shape index (κ2) is 6.28. The fraction of sp³-hybridized carbons (Fsp3) is 0.944. The van der Waals surface area contributed by atoms with Crippen molar-refractivity contribution in [2.75, 3.05) is 0 Å². The van der Waals surface area contributed by atoms with Gasteiger partial charge >= 0.3 is 5.97 Å². The molecule has 0 heterocycles. The maximum atomic E-state index is 11.5. The van der Waals surface area contributed by atoms with E-state index in [1.165, 1.54) is 19.3 Å². The van der Waals surface area contributed by atoms with Crippen LogP contribution in [0.5, 0.6) is 0 Å². The van der Waals surface area contributed by atoms with Crippen molar-refractivity contribution in [3.05, 3.63) is 0 Å². The summed E-state index contributed by atoms with van der Waals surface area (Å²) in [6, 6.07) is 1.08. The number of nitrogens with one attached hydrogen (secondary N) is 1. The number of carbonyl (C=O) groups is 1. The van der Waals surface area contributed by atoms with Crippen LogP contribution in [0, 0.1) is 29.1 Å². The predicted octanol–water partition coefficient (Wildman–Crippen LogP) is 3.93. The van der Waals surface area contributed by atoms with Crippen molar-refractivity contribution in [2.45, 2.75) is 78.8 Å². The lowest BCUT2D eigenvalue weighted by atomic mass is 9.60. The molecule has 2 rings (SSSR count). The van der Waals surface area contributed by atoms with E-state index in [0.717, 1.165) is 24.7 Å². The lowest BCUT2D eigenvalue weighted by Crippen LogP contribution is -2.55. The molecule has 2 saturated carbocycles. The molecule has 2 aliphatic rings. The molecule has 2 fully saturated rings. The average molecular weight is 295 g/mol. The third kappa shape index (κ3) is 3.28. The Labute approximate surface area is 129 Å². The molecular formula is C18H33NO2. The highest BCUT2D eigenvalue weighted by atomic mass is 16.4. The Morgan fingerprint density at radius 3 is 2.33 bits per heavy atom. The maximum absolute atomic E-state index is 11.5. The molecule has 3 nitrogen and oxygen atoms in total. The fourth-order valence-electron chi connectivity index (χ4n) is 4.57. The standard InChI is InChI=1S/C18H33NO2/c1-11-7-6-8-15(12(11)2)19-16-10-9-14(17(20)21)18(4,5)13(16)3/h11-16,19H,6-10H2,1-5H3,(H,20,21). The molecule has 2 aliphatic carbocycles. The number of carboxylic acids is 1. The predicted molar refractivity (Wildman–Crippen MR) is 86.2 cm³/mol. The normalized spacial score (nSPS) is 43.5. The minimum Gasteiger partial charge on any atom is -0.481 e. The molecule has 21 heavy (non-hydrogen) atoms. The van der Waals surface area contributed by atoms with E-state index in [1.54, 1.807) is 0 Å². The molecule has 0 bridgehead atoms. The van der Waals surface area contributed by atoms with E-state index in [9.17, 15) is 9.90 Å². The van der Waals surface area contributed by atoms with Crippen LogP contribution >= 0.6 is 0 Å². The zero-order valence-corrected chi connectivity index (χ0v) is 14.4. The lowest BCUT2D eigenvalue weighted by molar-refractivity contribution is -0.150. The Kier molecular flexibility index (Phi) is 5.02. The van der Waals surface area contributed by atoms with E-state index >= 15 is 0 Å². The van der Waals surface area contributed by atoms with Gasteiger partial charge in [-0.25, -0.2) is 0 Å². The molecule has 0 aromatic heterocycles. The summed E-state index contributed by atoms with van der Waals surface area (Å²) < 4.78 is 0. The summed E-state index contributed by atoms with van der Waals surface area (Å²) in [6.45, 7) is 11.3. The highest BCUT2D eigenvalue weighted by Crippen LogP contribution is 2.45. The van der Waals surface area contributed by atoms with Crippen LogP contribution in [-0.4, -0.2) is 23.2 Å². The van der Waals surface area contributed by atoms with Crippen LogP contribution in [0.15, 0.2) is 0 Å². The van der Waals surface area contributed by atoms with E-state index in [4.69, 9.17) is 0 Å². The second-order valence-electron chi connectivity index (χ2n) is 8.23. The van der Waals surface area contributed by atoms with E-state index in [0.29, 0.717) is 18.0 Å². The second-order valence-corrected chi connectivity index (χ2v) is 8.23. The van der Waals surface area contributed by atoms with Gasteiger partial charge in [-0.1, -0.05) is 47.5 Å². The van der Waals surface area contributed by atoms with Crippen molar-refractivity contribution in [1.29, 1.82) is 0 Å². The maximum Gasteiger partial charge on any atom is 0.307 e. The zero-order valence-electron chi connectivity index (χ0n) is 14.4.